The van der Waals surface area contributed by atoms with Crippen LogP contribution in [0.5, 0.6) is 0 Å². The molecule has 0 saturated carbocycles. The average molecular weight is 376 g/mol. The van der Waals surface area contributed by atoms with Crippen molar-refractivity contribution >= 4 is 6.08 Å². The van der Waals surface area contributed by atoms with Gasteiger partial charge in [0.05, 0.1) is 13.2 Å². The van der Waals surface area contributed by atoms with Crippen molar-refractivity contribution in [3.8, 4) is 0 Å². The molecule has 27 heavy (non-hydrogen) atoms. The molecule has 0 bridgehead atoms. The fourth-order valence-corrected chi connectivity index (χ4v) is 3.81. The molecule has 0 amide bonds. The molecule has 6 heteroatoms. The summed E-state index contributed by atoms with van der Waals surface area (Å²) in [5.41, 5.74) is 2.15. The smallest absolute Gasteiger partial charge is 0.190 e. The van der Waals surface area contributed by atoms with Gasteiger partial charge in [0.25, 0.3) is 0 Å². The monoisotopic (exact) mass is 376 g/mol. The lowest BCUT2D eigenvalue weighted by atomic mass is 10.1. The molecule has 4 rings (SSSR count). The third-order valence-corrected chi connectivity index (χ3v) is 5.08. The molecule has 3 aliphatic rings. The summed E-state index contributed by atoms with van der Waals surface area (Å²) in [6, 6.07) is 8.11. The minimum absolute atomic E-state index is 0.228. The van der Waals surface area contributed by atoms with Gasteiger partial charge in [-0.1, -0.05) is 36.9 Å². The summed E-state index contributed by atoms with van der Waals surface area (Å²) >= 11 is 0. The minimum atomic E-state index is -0.695. The molecular weight excluding hydrogens is 348 g/mol. The highest BCUT2D eigenvalue weighted by molar-refractivity contribution is 5.47. The molecule has 6 nitrogen and oxygen atoms in total. The molecular formula is C21H28O6. The van der Waals surface area contributed by atoms with E-state index in [1.54, 1.807) is 0 Å². The van der Waals surface area contributed by atoms with Gasteiger partial charge in [-0.2, -0.15) is 0 Å². The lowest BCUT2D eigenvalue weighted by molar-refractivity contribution is -0.236. The van der Waals surface area contributed by atoms with Crippen LogP contribution in [0.2, 0.25) is 0 Å². The highest BCUT2D eigenvalue weighted by atomic mass is 16.8. The molecule has 5 atom stereocenters. The summed E-state index contributed by atoms with van der Waals surface area (Å²) in [4.78, 5) is 0. The van der Waals surface area contributed by atoms with Crippen molar-refractivity contribution in [1.29, 1.82) is 0 Å². The minimum Gasteiger partial charge on any atom is -0.368 e. The van der Waals surface area contributed by atoms with Crippen LogP contribution < -0.4 is 0 Å². The molecule has 0 radical (unpaired) electrons. The van der Waals surface area contributed by atoms with E-state index in [1.807, 2.05) is 58.0 Å². The van der Waals surface area contributed by atoms with Gasteiger partial charge in [0, 0.05) is 0 Å². The van der Waals surface area contributed by atoms with Crippen LogP contribution in [0.15, 0.2) is 30.8 Å². The summed E-state index contributed by atoms with van der Waals surface area (Å²) in [6.45, 7) is 12.2. The molecule has 3 saturated heterocycles. The third kappa shape index (κ3) is 3.97. The van der Waals surface area contributed by atoms with Crippen molar-refractivity contribution in [2.45, 2.75) is 76.6 Å². The maximum atomic E-state index is 6.27. The van der Waals surface area contributed by atoms with Gasteiger partial charge in [-0.15, -0.1) is 0 Å². The van der Waals surface area contributed by atoms with Gasteiger partial charge in [-0.05, 0) is 38.8 Å². The first-order valence-corrected chi connectivity index (χ1v) is 9.42. The van der Waals surface area contributed by atoms with Crippen LogP contribution in [-0.2, 0) is 35.0 Å². The van der Waals surface area contributed by atoms with Crippen molar-refractivity contribution in [2.75, 3.05) is 6.61 Å². The molecule has 0 aliphatic carbocycles. The Labute approximate surface area is 160 Å². The van der Waals surface area contributed by atoms with E-state index >= 15 is 0 Å². The van der Waals surface area contributed by atoms with Crippen molar-refractivity contribution in [3.05, 3.63) is 42.0 Å². The summed E-state index contributed by atoms with van der Waals surface area (Å²) in [5, 5.41) is 0. The van der Waals surface area contributed by atoms with Gasteiger partial charge in [-0.25, -0.2) is 0 Å². The zero-order valence-corrected chi connectivity index (χ0v) is 16.3. The predicted molar refractivity (Wildman–Crippen MR) is 98.7 cm³/mol. The zero-order valence-electron chi connectivity index (χ0n) is 16.3. The summed E-state index contributed by atoms with van der Waals surface area (Å²) < 4.78 is 36.1. The highest BCUT2D eigenvalue weighted by Crippen LogP contribution is 2.42. The Morgan fingerprint density at radius 3 is 2.41 bits per heavy atom. The number of hydrogen-bond donors (Lipinski definition) is 0. The fourth-order valence-electron chi connectivity index (χ4n) is 3.81. The SMILES string of the molecule is C=Cc1ccc(CO[C@@H]2[C@H]3OC(C)(C)O[C@H]3O[C@@H]2[C@H]2COC(C)(C)O2)cc1. The largest absolute Gasteiger partial charge is 0.368 e. The Hall–Kier alpha value is -1.28. The lowest BCUT2D eigenvalue weighted by Crippen LogP contribution is -2.44. The van der Waals surface area contributed by atoms with E-state index in [4.69, 9.17) is 28.4 Å². The lowest BCUT2D eigenvalue weighted by Gasteiger charge is -2.29. The maximum Gasteiger partial charge on any atom is 0.190 e. The Balaban J connectivity index is 1.48. The maximum absolute atomic E-state index is 6.27. The summed E-state index contributed by atoms with van der Waals surface area (Å²) in [6.07, 6.45) is 0.203. The number of ether oxygens (including phenoxy) is 6. The van der Waals surface area contributed by atoms with Crippen molar-refractivity contribution in [3.63, 3.8) is 0 Å². The van der Waals surface area contributed by atoms with Gasteiger partial charge in [0.15, 0.2) is 17.9 Å². The van der Waals surface area contributed by atoms with E-state index in [9.17, 15) is 0 Å². The Morgan fingerprint density at radius 2 is 1.78 bits per heavy atom. The van der Waals surface area contributed by atoms with Crippen molar-refractivity contribution < 1.29 is 28.4 Å². The first-order valence-electron chi connectivity index (χ1n) is 9.42. The first-order chi connectivity index (χ1) is 12.8. The number of rotatable bonds is 5. The first kappa shape index (κ1) is 19.1. The summed E-state index contributed by atoms with van der Waals surface area (Å²) in [5.74, 6) is -1.32. The molecule has 3 fully saturated rings. The summed E-state index contributed by atoms with van der Waals surface area (Å²) in [7, 11) is 0. The number of hydrogen-bond acceptors (Lipinski definition) is 6. The van der Waals surface area contributed by atoms with Crippen LogP contribution in [0.25, 0.3) is 6.08 Å². The molecule has 0 N–H and O–H groups in total. The standard InChI is InChI=1S/C21H28O6/c1-6-13-7-9-14(10-8-13)11-22-17-16(15-12-23-20(2,3)25-15)24-19-18(17)26-21(4,5)27-19/h6-10,15-19H,1,11-12H2,2-5H3/t15-,16-,17+,18-,19-/m1/s1. The quantitative estimate of drug-likeness (QED) is 0.786. The molecule has 3 heterocycles. The molecule has 0 aromatic heterocycles. The Kier molecular flexibility index (Phi) is 4.91. The van der Waals surface area contributed by atoms with Crippen LogP contribution in [0.3, 0.4) is 0 Å². The van der Waals surface area contributed by atoms with E-state index in [2.05, 4.69) is 6.58 Å². The molecule has 0 spiro atoms. The molecule has 1 aromatic carbocycles. The number of fused-ring (bicyclic) bond motifs is 1. The molecule has 148 valence electrons. The van der Waals surface area contributed by atoms with Crippen LogP contribution >= 0.6 is 0 Å². The molecule has 1 aromatic rings. The van der Waals surface area contributed by atoms with E-state index < -0.39 is 17.9 Å². The molecule has 3 aliphatic heterocycles. The molecule has 0 unspecified atom stereocenters. The third-order valence-electron chi connectivity index (χ3n) is 5.08. The van der Waals surface area contributed by atoms with Gasteiger partial charge in [-0.3, -0.25) is 0 Å². The average Bonchev–Trinajstić information content (AvgIpc) is 3.22. The normalized spacial score (nSPS) is 36.7. The highest BCUT2D eigenvalue weighted by Gasteiger charge is 2.58. The predicted octanol–water partition coefficient (Wildman–Crippen LogP) is 3.24. The zero-order chi connectivity index (χ0) is 19.2. The van der Waals surface area contributed by atoms with Gasteiger partial charge < -0.3 is 28.4 Å². The van der Waals surface area contributed by atoms with Gasteiger partial charge in [0.1, 0.15) is 24.4 Å². The van der Waals surface area contributed by atoms with Crippen LogP contribution in [0.1, 0.15) is 38.8 Å². The second-order valence-electron chi connectivity index (χ2n) is 8.16. The van der Waals surface area contributed by atoms with Crippen LogP contribution in [0.4, 0.5) is 0 Å². The van der Waals surface area contributed by atoms with Crippen LogP contribution in [0, 0.1) is 0 Å². The second-order valence-corrected chi connectivity index (χ2v) is 8.16. The Bertz CT molecular complexity index is 682. The van der Waals surface area contributed by atoms with E-state index in [-0.39, 0.29) is 24.4 Å². The topological polar surface area (TPSA) is 55.4 Å². The Morgan fingerprint density at radius 1 is 1.04 bits per heavy atom. The van der Waals surface area contributed by atoms with Crippen LogP contribution in [-0.4, -0.2) is 48.9 Å². The fraction of sp³-hybridized carbons (Fsp3) is 0.619. The number of benzene rings is 1. The second kappa shape index (κ2) is 6.95. The van der Waals surface area contributed by atoms with E-state index in [0.29, 0.717) is 13.2 Å². The van der Waals surface area contributed by atoms with Crippen molar-refractivity contribution in [1.82, 2.24) is 0 Å². The van der Waals surface area contributed by atoms with E-state index in [1.165, 1.54) is 0 Å². The van der Waals surface area contributed by atoms with Gasteiger partial charge in [0.2, 0.25) is 0 Å². The van der Waals surface area contributed by atoms with Crippen molar-refractivity contribution in [2.24, 2.45) is 0 Å². The van der Waals surface area contributed by atoms with E-state index in [0.717, 1.165) is 11.1 Å². The van der Waals surface area contributed by atoms with Gasteiger partial charge >= 0.3 is 0 Å².